The van der Waals surface area contributed by atoms with Crippen molar-refractivity contribution in [3.05, 3.63) is 77.4 Å². The number of hydrogen-bond acceptors (Lipinski definition) is 6. The van der Waals surface area contributed by atoms with E-state index >= 15 is 0 Å². The van der Waals surface area contributed by atoms with E-state index in [1.807, 2.05) is 71.3 Å². The van der Waals surface area contributed by atoms with Gasteiger partial charge >= 0.3 is 0 Å². The van der Waals surface area contributed by atoms with E-state index in [-0.39, 0.29) is 11.7 Å². The Morgan fingerprint density at radius 2 is 1.94 bits per heavy atom. The van der Waals surface area contributed by atoms with Crippen molar-refractivity contribution >= 4 is 39.3 Å². The highest BCUT2D eigenvalue weighted by Gasteiger charge is 2.18. The minimum absolute atomic E-state index is 0.133. The van der Waals surface area contributed by atoms with Crippen LogP contribution >= 0.6 is 27.7 Å². The molecule has 0 unspecified atom stereocenters. The number of carbonyl (C=O) groups is 1. The largest absolute Gasteiger partial charge is 0.497 e. The van der Waals surface area contributed by atoms with Gasteiger partial charge in [0.1, 0.15) is 11.4 Å². The molecule has 2 aromatic heterocycles. The molecule has 0 radical (unpaired) electrons. The van der Waals surface area contributed by atoms with Crippen LogP contribution in [0.4, 0.5) is 5.69 Å². The maximum Gasteiger partial charge on any atom is 0.234 e. The molecule has 2 heterocycles. The monoisotopic (exact) mass is 495 g/mol. The summed E-state index contributed by atoms with van der Waals surface area (Å²) in [7, 11) is 1.62. The lowest BCUT2D eigenvalue weighted by Crippen LogP contribution is -2.14. The maximum atomic E-state index is 12.5. The molecule has 0 aliphatic carbocycles. The molecule has 0 saturated heterocycles. The van der Waals surface area contributed by atoms with E-state index in [1.54, 1.807) is 13.3 Å². The highest BCUT2D eigenvalue weighted by molar-refractivity contribution is 9.10. The average molecular weight is 496 g/mol. The third-order valence-corrected chi connectivity index (χ3v) is 5.72. The van der Waals surface area contributed by atoms with Gasteiger partial charge in [0, 0.05) is 16.4 Å². The molecule has 0 atom stereocenters. The Kier molecular flexibility index (Phi) is 6.63. The number of halogens is 1. The van der Waals surface area contributed by atoms with Gasteiger partial charge in [-0.25, -0.2) is 0 Å². The van der Waals surface area contributed by atoms with Gasteiger partial charge in [-0.05, 0) is 54.6 Å². The van der Waals surface area contributed by atoms with Gasteiger partial charge in [-0.3, -0.25) is 14.3 Å². The molecule has 4 rings (SSSR count). The van der Waals surface area contributed by atoms with Crippen LogP contribution in [0.2, 0.25) is 0 Å². The number of nitrogens with one attached hydrogen (secondary N) is 1. The van der Waals surface area contributed by atoms with Crippen molar-refractivity contribution in [2.45, 2.75) is 5.16 Å². The summed E-state index contributed by atoms with van der Waals surface area (Å²) in [6, 6.07) is 20.6. The van der Waals surface area contributed by atoms with E-state index < -0.39 is 0 Å². The van der Waals surface area contributed by atoms with Crippen molar-refractivity contribution in [3.63, 3.8) is 0 Å². The van der Waals surface area contributed by atoms with E-state index in [2.05, 4.69) is 36.4 Å². The molecular formula is C22H18BrN5O2S. The van der Waals surface area contributed by atoms with Gasteiger partial charge in [0.2, 0.25) is 5.91 Å². The van der Waals surface area contributed by atoms with Crippen LogP contribution in [0.1, 0.15) is 0 Å². The van der Waals surface area contributed by atoms with E-state index in [4.69, 9.17) is 4.74 Å². The topological polar surface area (TPSA) is 81.9 Å². The van der Waals surface area contributed by atoms with Gasteiger partial charge in [0.25, 0.3) is 0 Å². The number of hydrogen-bond donors (Lipinski definition) is 1. The second-order valence-corrected chi connectivity index (χ2v) is 8.26. The Morgan fingerprint density at radius 3 is 2.65 bits per heavy atom. The molecule has 7 nitrogen and oxygen atoms in total. The number of carbonyl (C=O) groups excluding carboxylic acids is 1. The number of thioether (sulfide) groups is 1. The van der Waals surface area contributed by atoms with E-state index in [0.29, 0.717) is 16.7 Å². The molecule has 9 heteroatoms. The first kappa shape index (κ1) is 21.1. The van der Waals surface area contributed by atoms with Gasteiger partial charge in [0.05, 0.1) is 18.6 Å². The predicted octanol–water partition coefficient (Wildman–Crippen LogP) is 4.83. The molecule has 31 heavy (non-hydrogen) atoms. The Balaban J connectivity index is 1.59. The van der Waals surface area contributed by atoms with Crippen molar-refractivity contribution in [1.82, 2.24) is 19.7 Å². The standard InChI is InChI=1S/C22H18BrN5O2S/c1-30-18-10-8-17(9-11-18)28-21(19-7-2-3-12-24-19)26-27-22(28)31-14-20(29)25-16-6-4-5-15(23)13-16/h2-13H,14H2,1H3,(H,25,29). The third-order valence-electron chi connectivity index (χ3n) is 4.30. The molecule has 0 aliphatic heterocycles. The number of nitrogens with zero attached hydrogens (tertiary/aromatic N) is 4. The first-order chi connectivity index (χ1) is 15.1. The Labute approximate surface area is 192 Å². The average Bonchev–Trinajstić information content (AvgIpc) is 3.22. The zero-order chi connectivity index (χ0) is 21.6. The third kappa shape index (κ3) is 5.12. The number of methoxy groups -OCH3 is 1. The van der Waals surface area contributed by atoms with Crippen LogP contribution in [-0.2, 0) is 4.79 Å². The molecule has 0 fully saturated rings. The molecule has 2 aromatic carbocycles. The SMILES string of the molecule is COc1ccc(-n2c(SCC(=O)Nc3cccc(Br)c3)nnc2-c2ccccn2)cc1. The first-order valence-electron chi connectivity index (χ1n) is 9.33. The molecule has 0 saturated carbocycles. The molecule has 4 aromatic rings. The van der Waals surface area contributed by atoms with Crippen molar-refractivity contribution in [1.29, 1.82) is 0 Å². The summed E-state index contributed by atoms with van der Waals surface area (Å²) in [6.45, 7) is 0. The van der Waals surface area contributed by atoms with Crippen LogP contribution in [0.5, 0.6) is 5.75 Å². The second-order valence-electron chi connectivity index (χ2n) is 6.40. The molecule has 0 spiro atoms. The fraction of sp³-hybridized carbons (Fsp3) is 0.0909. The van der Waals surface area contributed by atoms with Crippen molar-refractivity contribution < 1.29 is 9.53 Å². The van der Waals surface area contributed by atoms with Gasteiger partial charge in [-0.15, -0.1) is 10.2 Å². The van der Waals surface area contributed by atoms with Crippen LogP contribution in [0.3, 0.4) is 0 Å². The van der Waals surface area contributed by atoms with Crippen molar-refractivity contribution in [2.24, 2.45) is 0 Å². The van der Waals surface area contributed by atoms with Crippen LogP contribution < -0.4 is 10.1 Å². The Bertz CT molecular complexity index is 1180. The minimum atomic E-state index is -0.133. The van der Waals surface area contributed by atoms with E-state index in [9.17, 15) is 4.79 Å². The lowest BCUT2D eigenvalue weighted by atomic mass is 10.3. The number of anilines is 1. The molecule has 1 N–H and O–H groups in total. The zero-order valence-electron chi connectivity index (χ0n) is 16.5. The summed E-state index contributed by atoms with van der Waals surface area (Å²) in [4.78, 5) is 16.9. The smallest absolute Gasteiger partial charge is 0.234 e. The summed E-state index contributed by atoms with van der Waals surface area (Å²) in [5.74, 6) is 1.40. The zero-order valence-corrected chi connectivity index (χ0v) is 18.9. The summed E-state index contributed by atoms with van der Waals surface area (Å²) in [5.41, 5.74) is 2.27. The molecule has 0 bridgehead atoms. The van der Waals surface area contributed by atoms with Gasteiger partial charge in [0.15, 0.2) is 11.0 Å². The summed E-state index contributed by atoms with van der Waals surface area (Å²) in [5, 5.41) is 12.1. The lowest BCUT2D eigenvalue weighted by Gasteiger charge is -2.11. The van der Waals surface area contributed by atoms with Crippen molar-refractivity contribution in [2.75, 3.05) is 18.2 Å². The number of benzene rings is 2. The first-order valence-corrected chi connectivity index (χ1v) is 11.1. The number of amides is 1. The van der Waals surface area contributed by atoms with Gasteiger partial charge in [-0.1, -0.05) is 39.8 Å². The number of ether oxygens (including phenoxy) is 1. The maximum absolute atomic E-state index is 12.5. The summed E-state index contributed by atoms with van der Waals surface area (Å²) in [6.07, 6.45) is 1.71. The normalized spacial score (nSPS) is 10.6. The number of aromatic nitrogens is 4. The Morgan fingerprint density at radius 1 is 1.10 bits per heavy atom. The van der Waals surface area contributed by atoms with Gasteiger partial charge in [-0.2, -0.15) is 0 Å². The van der Waals surface area contributed by atoms with Crippen LogP contribution in [0.15, 0.2) is 82.6 Å². The molecule has 0 aliphatic rings. The van der Waals surface area contributed by atoms with E-state index in [1.165, 1.54) is 11.8 Å². The summed E-state index contributed by atoms with van der Waals surface area (Å²) < 4.78 is 8.05. The Hall–Kier alpha value is -3.17. The molecular weight excluding hydrogens is 478 g/mol. The molecule has 1 amide bonds. The minimum Gasteiger partial charge on any atom is -0.497 e. The molecule has 156 valence electrons. The fourth-order valence-electron chi connectivity index (χ4n) is 2.88. The predicted molar refractivity (Wildman–Crippen MR) is 125 cm³/mol. The summed E-state index contributed by atoms with van der Waals surface area (Å²) >= 11 is 4.71. The van der Waals surface area contributed by atoms with Crippen molar-refractivity contribution in [3.8, 4) is 23.0 Å². The number of rotatable bonds is 7. The van der Waals surface area contributed by atoms with Crippen LogP contribution in [0, 0.1) is 0 Å². The number of pyridine rings is 1. The van der Waals surface area contributed by atoms with Gasteiger partial charge < -0.3 is 10.1 Å². The van der Waals surface area contributed by atoms with Crippen LogP contribution in [-0.4, -0.2) is 38.5 Å². The quantitative estimate of drug-likeness (QED) is 0.369. The second kappa shape index (κ2) is 9.76. The highest BCUT2D eigenvalue weighted by Crippen LogP contribution is 2.28. The highest BCUT2D eigenvalue weighted by atomic mass is 79.9. The fourth-order valence-corrected chi connectivity index (χ4v) is 4.03. The van der Waals surface area contributed by atoms with Crippen LogP contribution in [0.25, 0.3) is 17.2 Å². The van der Waals surface area contributed by atoms with E-state index in [0.717, 1.165) is 21.6 Å². The lowest BCUT2D eigenvalue weighted by molar-refractivity contribution is -0.113.